The van der Waals surface area contributed by atoms with Crippen LogP contribution in [0.15, 0.2) is 30.6 Å². The molecule has 1 amide bonds. The van der Waals surface area contributed by atoms with Crippen LogP contribution in [-0.2, 0) is 12.4 Å². The monoisotopic (exact) mass is 467 g/mol. The molecule has 0 unspecified atom stereocenters. The lowest BCUT2D eigenvalue weighted by molar-refractivity contribution is 0.0947. The molecule has 9 heteroatoms. The third-order valence-corrected chi connectivity index (χ3v) is 6.07. The van der Waals surface area contributed by atoms with Crippen molar-refractivity contribution in [3.63, 3.8) is 0 Å². The van der Waals surface area contributed by atoms with Gasteiger partial charge in [0.05, 0.1) is 6.33 Å². The topological polar surface area (TPSA) is 99.7 Å². The van der Waals surface area contributed by atoms with Crippen LogP contribution in [0.3, 0.4) is 0 Å². The number of anilines is 1. The van der Waals surface area contributed by atoms with Crippen molar-refractivity contribution in [2.24, 2.45) is 13.0 Å². The quantitative estimate of drug-likeness (QED) is 0.439. The van der Waals surface area contributed by atoms with Crippen molar-refractivity contribution in [3.05, 3.63) is 47.5 Å². The number of hydrogen-bond donors (Lipinski definition) is 1. The summed E-state index contributed by atoms with van der Waals surface area (Å²) in [6, 6.07) is 9.45. The molecule has 0 bridgehead atoms. The number of alkyl halides is 1. The second kappa shape index (κ2) is 8.79. The Morgan fingerprint density at radius 1 is 1.30 bits per heavy atom. The summed E-state index contributed by atoms with van der Waals surface area (Å²) < 4.78 is 1.75. The minimum atomic E-state index is -0.227. The molecule has 0 aliphatic heterocycles. The number of aromatic nitrogens is 4. The van der Waals surface area contributed by atoms with Gasteiger partial charge in [0.1, 0.15) is 6.07 Å². The predicted octanol–water partition coefficient (Wildman–Crippen LogP) is 3.47. The summed E-state index contributed by atoms with van der Waals surface area (Å²) in [7, 11) is 1.82. The number of benzene rings is 1. The highest BCUT2D eigenvalue weighted by molar-refractivity contribution is 9.08. The highest BCUT2D eigenvalue weighted by Crippen LogP contribution is 2.28. The molecule has 1 aromatic carbocycles. The van der Waals surface area contributed by atoms with Crippen molar-refractivity contribution in [2.45, 2.75) is 31.0 Å². The van der Waals surface area contributed by atoms with Gasteiger partial charge in [0.25, 0.3) is 5.91 Å². The van der Waals surface area contributed by atoms with Crippen molar-refractivity contribution >= 4 is 38.8 Å². The summed E-state index contributed by atoms with van der Waals surface area (Å²) in [5, 5.41) is 11.9. The number of nitriles is 1. The van der Waals surface area contributed by atoms with Crippen LogP contribution in [0.1, 0.15) is 47.4 Å². The van der Waals surface area contributed by atoms with Gasteiger partial charge in [-0.25, -0.2) is 4.98 Å². The molecule has 0 radical (unpaired) electrons. The van der Waals surface area contributed by atoms with Crippen LogP contribution >= 0.6 is 15.9 Å². The van der Waals surface area contributed by atoms with E-state index in [9.17, 15) is 10.1 Å². The zero-order valence-electron chi connectivity index (χ0n) is 16.7. The molecule has 0 spiro atoms. The van der Waals surface area contributed by atoms with Crippen molar-refractivity contribution in [2.75, 3.05) is 11.6 Å². The SMILES string of the molecule is Cn1cnc2c(N(CC3CCCC3)NC(=O)c3ccc(CBr)cc3)nc(C#N)nc21. The Bertz CT molecular complexity index is 1100. The van der Waals surface area contributed by atoms with E-state index in [4.69, 9.17) is 0 Å². The van der Waals surface area contributed by atoms with E-state index in [0.717, 1.165) is 23.7 Å². The zero-order valence-corrected chi connectivity index (χ0v) is 18.3. The molecule has 1 aliphatic rings. The summed E-state index contributed by atoms with van der Waals surface area (Å²) >= 11 is 3.42. The molecule has 1 aliphatic carbocycles. The number of carbonyl (C=O) groups excluding carboxylic acids is 1. The lowest BCUT2D eigenvalue weighted by Gasteiger charge is -2.27. The van der Waals surface area contributed by atoms with Gasteiger partial charge in [-0.2, -0.15) is 15.2 Å². The average Bonchev–Trinajstić information content (AvgIpc) is 3.42. The number of carbonyl (C=O) groups is 1. The Labute approximate surface area is 183 Å². The molecule has 2 aromatic heterocycles. The fourth-order valence-corrected chi connectivity index (χ4v) is 4.17. The molecule has 2 heterocycles. The van der Waals surface area contributed by atoms with Crippen molar-refractivity contribution in [1.29, 1.82) is 5.26 Å². The second-order valence-electron chi connectivity index (χ2n) is 7.54. The predicted molar refractivity (Wildman–Crippen MR) is 117 cm³/mol. The third-order valence-electron chi connectivity index (χ3n) is 5.42. The Morgan fingerprint density at radius 3 is 2.70 bits per heavy atom. The first-order valence-electron chi connectivity index (χ1n) is 9.91. The van der Waals surface area contributed by atoms with Crippen LogP contribution in [0, 0.1) is 17.2 Å². The van der Waals surface area contributed by atoms with Crippen LogP contribution in [0.2, 0.25) is 0 Å². The lowest BCUT2D eigenvalue weighted by Crippen LogP contribution is -2.45. The van der Waals surface area contributed by atoms with Crippen molar-refractivity contribution in [1.82, 2.24) is 24.9 Å². The molecular formula is C21H22BrN7O. The number of amides is 1. The van der Waals surface area contributed by atoms with Gasteiger partial charge in [0.2, 0.25) is 5.82 Å². The number of aryl methyl sites for hydroxylation is 1. The maximum atomic E-state index is 13.0. The first-order valence-corrected chi connectivity index (χ1v) is 11.0. The highest BCUT2D eigenvalue weighted by Gasteiger charge is 2.25. The summed E-state index contributed by atoms with van der Waals surface area (Å²) in [6.45, 7) is 0.610. The van der Waals surface area contributed by atoms with Crippen molar-refractivity contribution < 1.29 is 4.79 Å². The van der Waals surface area contributed by atoms with E-state index in [-0.39, 0.29) is 11.7 Å². The number of hydrogen-bond acceptors (Lipinski definition) is 6. The van der Waals surface area contributed by atoms with Crippen LogP contribution < -0.4 is 10.4 Å². The summed E-state index contributed by atoms with van der Waals surface area (Å²) in [4.78, 5) is 26.1. The summed E-state index contributed by atoms with van der Waals surface area (Å²) in [5.41, 5.74) is 5.77. The molecule has 0 atom stereocenters. The van der Waals surface area contributed by atoms with Gasteiger partial charge < -0.3 is 4.57 Å². The van der Waals surface area contributed by atoms with E-state index in [1.807, 2.05) is 25.2 Å². The number of fused-ring (bicyclic) bond motifs is 1. The van der Waals surface area contributed by atoms with E-state index in [1.165, 1.54) is 12.8 Å². The maximum absolute atomic E-state index is 13.0. The van der Waals surface area contributed by atoms with Gasteiger partial charge in [-0.1, -0.05) is 40.9 Å². The van der Waals surface area contributed by atoms with Gasteiger partial charge in [0, 0.05) is 24.5 Å². The largest absolute Gasteiger partial charge is 0.318 e. The van der Waals surface area contributed by atoms with E-state index in [0.29, 0.717) is 35.0 Å². The van der Waals surface area contributed by atoms with Crippen LogP contribution in [0.25, 0.3) is 11.2 Å². The highest BCUT2D eigenvalue weighted by atomic mass is 79.9. The second-order valence-corrected chi connectivity index (χ2v) is 8.10. The lowest BCUT2D eigenvalue weighted by atomic mass is 10.1. The summed E-state index contributed by atoms with van der Waals surface area (Å²) in [6.07, 6.45) is 6.22. The van der Waals surface area contributed by atoms with Gasteiger partial charge >= 0.3 is 0 Å². The molecule has 30 heavy (non-hydrogen) atoms. The molecule has 4 rings (SSSR count). The molecule has 1 N–H and O–H groups in total. The first-order chi connectivity index (χ1) is 14.6. The summed E-state index contributed by atoms with van der Waals surface area (Å²) in [5.74, 6) is 0.721. The smallest absolute Gasteiger partial charge is 0.269 e. The van der Waals surface area contributed by atoms with Crippen LogP contribution in [-0.4, -0.2) is 32.0 Å². The van der Waals surface area contributed by atoms with Gasteiger partial charge in [-0.05, 0) is 36.5 Å². The molecule has 8 nitrogen and oxygen atoms in total. The number of nitrogens with zero attached hydrogens (tertiary/aromatic N) is 6. The Balaban J connectivity index is 1.70. The fourth-order valence-electron chi connectivity index (χ4n) is 3.80. The molecule has 154 valence electrons. The number of nitrogens with one attached hydrogen (secondary N) is 1. The number of imidazole rings is 1. The molecular weight excluding hydrogens is 446 g/mol. The van der Waals surface area contributed by atoms with Crippen LogP contribution in [0.4, 0.5) is 5.82 Å². The van der Waals surface area contributed by atoms with Gasteiger partial charge in [-0.3, -0.25) is 15.2 Å². The van der Waals surface area contributed by atoms with Gasteiger partial charge in [-0.15, -0.1) is 0 Å². The molecule has 1 fully saturated rings. The molecule has 1 saturated carbocycles. The molecule has 0 saturated heterocycles. The van der Waals surface area contributed by atoms with E-state index in [2.05, 4.69) is 36.3 Å². The molecule has 3 aromatic rings. The average molecular weight is 468 g/mol. The Morgan fingerprint density at radius 2 is 2.03 bits per heavy atom. The standard InChI is InChI=1S/C21H22BrN7O/c1-28-13-24-18-19(28)25-17(11-23)26-20(18)29(12-15-4-2-3-5-15)27-21(30)16-8-6-14(10-22)7-9-16/h6-9,13,15H,2-5,10,12H2,1H3,(H,27,30). The van der Waals surface area contributed by atoms with Gasteiger partial charge in [0.15, 0.2) is 17.0 Å². The van der Waals surface area contributed by atoms with Crippen LogP contribution in [0.5, 0.6) is 0 Å². The van der Waals surface area contributed by atoms with E-state index >= 15 is 0 Å². The minimum absolute atomic E-state index is 0.0495. The fraction of sp³-hybridized carbons (Fsp3) is 0.381. The maximum Gasteiger partial charge on any atom is 0.269 e. The Hall–Kier alpha value is -2.99. The van der Waals surface area contributed by atoms with Crippen molar-refractivity contribution in [3.8, 4) is 6.07 Å². The van der Waals surface area contributed by atoms with E-state index < -0.39 is 0 Å². The third kappa shape index (κ3) is 4.14. The minimum Gasteiger partial charge on any atom is -0.318 e. The normalized spacial score (nSPS) is 14.0. The first kappa shape index (κ1) is 20.3. The number of halogens is 1. The van der Waals surface area contributed by atoms with E-state index in [1.54, 1.807) is 28.0 Å². The number of rotatable bonds is 6. The number of hydrazine groups is 1. The Kier molecular flexibility index (Phi) is 5.95. The zero-order chi connectivity index (χ0) is 21.1.